The number of amides is 1. The Kier molecular flexibility index (Phi) is 20.8. The molecule has 182 valence electrons. The van der Waals surface area contributed by atoms with Crippen LogP contribution in [-0.4, -0.2) is 29.9 Å². The predicted molar refractivity (Wildman–Crippen MR) is 125 cm³/mol. The summed E-state index contributed by atoms with van der Waals surface area (Å²) in [7, 11) is 1.33. The van der Waals surface area contributed by atoms with Crippen LogP contribution in [0.4, 0.5) is 0 Å². The first kappa shape index (κ1) is 29.6. The Bertz CT molecular complexity index is 467. The first-order chi connectivity index (χ1) is 15.0. The van der Waals surface area contributed by atoms with E-state index in [-0.39, 0.29) is 31.0 Å². The smallest absolute Gasteiger partial charge is 0.306 e. The van der Waals surface area contributed by atoms with Crippen LogP contribution in [0.15, 0.2) is 0 Å². The molecule has 0 unspecified atom stereocenters. The van der Waals surface area contributed by atoms with E-state index in [2.05, 4.69) is 17.2 Å². The van der Waals surface area contributed by atoms with Crippen LogP contribution in [0.2, 0.25) is 0 Å². The number of nitrogens with one attached hydrogen (secondary N) is 1. The number of unbranched alkanes of at least 4 members (excludes halogenated alkanes) is 14. The number of carbonyl (C=O) groups is 3. The van der Waals surface area contributed by atoms with Crippen molar-refractivity contribution in [2.45, 2.75) is 129 Å². The number of aliphatic carboxylic acids is 1. The standard InChI is InChI=1S/C25H47NO5/c1-3-4-5-6-7-8-9-10-11-12-13-14-15-16-17-18-23(27)21-22(25(29)30)19-20-24(28)26-31-2/h22H,3-21H2,1-2H3,(H,26,28)(H,29,30)/t22-/m1/s1. The molecule has 0 rings (SSSR count). The Morgan fingerprint density at radius 3 is 1.61 bits per heavy atom. The molecule has 0 bridgehead atoms. The maximum atomic E-state index is 12.1. The van der Waals surface area contributed by atoms with Gasteiger partial charge >= 0.3 is 5.97 Å². The molecule has 6 nitrogen and oxygen atoms in total. The number of hydrogen-bond donors (Lipinski definition) is 2. The van der Waals surface area contributed by atoms with Crippen LogP contribution in [0.1, 0.15) is 129 Å². The van der Waals surface area contributed by atoms with Crippen molar-refractivity contribution in [2.24, 2.45) is 5.92 Å². The largest absolute Gasteiger partial charge is 0.481 e. The van der Waals surface area contributed by atoms with Gasteiger partial charge in [0.25, 0.3) is 0 Å². The first-order valence-corrected chi connectivity index (χ1v) is 12.6. The molecule has 0 aliphatic carbocycles. The van der Waals surface area contributed by atoms with Gasteiger partial charge in [0.2, 0.25) is 5.91 Å². The van der Waals surface area contributed by atoms with E-state index in [0.717, 1.165) is 19.3 Å². The van der Waals surface area contributed by atoms with Crippen LogP contribution < -0.4 is 5.48 Å². The highest BCUT2D eigenvalue weighted by atomic mass is 16.6. The Balaban J connectivity index is 3.55. The zero-order chi connectivity index (χ0) is 23.2. The number of hydroxylamine groups is 1. The van der Waals surface area contributed by atoms with Gasteiger partial charge in [-0.15, -0.1) is 0 Å². The molecule has 0 saturated carbocycles. The van der Waals surface area contributed by atoms with E-state index in [4.69, 9.17) is 0 Å². The molecule has 1 amide bonds. The maximum absolute atomic E-state index is 12.1. The summed E-state index contributed by atoms with van der Waals surface area (Å²) >= 11 is 0. The number of ketones is 1. The predicted octanol–water partition coefficient (Wildman–Crippen LogP) is 6.37. The van der Waals surface area contributed by atoms with Crippen molar-refractivity contribution >= 4 is 17.7 Å². The van der Waals surface area contributed by atoms with Crippen molar-refractivity contribution in [3.63, 3.8) is 0 Å². The number of hydrogen-bond acceptors (Lipinski definition) is 4. The minimum absolute atomic E-state index is 0.00813. The second-order valence-electron chi connectivity index (χ2n) is 8.75. The summed E-state index contributed by atoms with van der Waals surface area (Å²) in [6.07, 6.45) is 19.8. The van der Waals surface area contributed by atoms with Crippen molar-refractivity contribution in [1.82, 2.24) is 5.48 Å². The van der Waals surface area contributed by atoms with Crippen LogP contribution in [-0.2, 0) is 19.2 Å². The van der Waals surface area contributed by atoms with Gasteiger partial charge < -0.3 is 5.11 Å². The summed E-state index contributed by atoms with van der Waals surface area (Å²) < 4.78 is 0. The van der Waals surface area contributed by atoms with E-state index in [0.29, 0.717) is 6.42 Å². The average Bonchev–Trinajstić information content (AvgIpc) is 2.73. The Labute approximate surface area is 189 Å². The Hall–Kier alpha value is -1.43. The summed E-state index contributed by atoms with van der Waals surface area (Å²) in [5.74, 6) is -2.21. The third kappa shape index (κ3) is 20.2. The fourth-order valence-electron chi connectivity index (χ4n) is 3.85. The molecule has 6 heteroatoms. The zero-order valence-corrected chi connectivity index (χ0v) is 20.1. The molecule has 1 atom stereocenters. The molecule has 31 heavy (non-hydrogen) atoms. The van der Waals surface area contributed by atoms with Crippen molar-refractivity contribution in [3.8, 4) is 0 Å². The van der Waals surface area contributed by atoms with E-state index in [9.17, 15) is 19.5 Å². The summed E-state index contributed by atoms with van der Waals surface area (Å²) in [6, 6.07) is 0. The molecule has 0 radical (unpaired) electrons. The van der Waals surface area contributed by atoms with Crippen LogP contribution in [0.5, 0.6) is 0 Å². The Morgan fingerprint density at radius 2 is 1.19 bits per heavy atom. The summed E-state index contributed by atoms with van der Waals surface area (Å²) in [5.41, 5.74) is 2.16. The molecule has 0 fully saturated rings. The number of carboxylic acids is 1. The molecule has 0 aromatic heterocycles. The van der Waals surface area contributed by atoms with Gasteiger partial charge in [0.1, 0.15) is 5.78 Å². The summed E-state index contributed by atoms with van der Waals surface area (Å²) in [4.78, 5) is 39.2. The molecule has 0 saturated heterocycles. The van der Waals surface area contributed by atoms with Gasteiger partial charge in [-0.05, 0) is 12.8 Å². The molecule has 0 aliphatic rings. The van der Waals surface area contributed by atoms with Crippen LogP contribution in [0.25, 0.3) is 0 Å². The molecule has 0 spiro atoms. The number of carbonyl (C=O) groups excluding carboxylic acids is 2. The van der Waals surface area contributed by atoms with Gasteiger partial charge in [-0.2, -0.15) is 0 Å². The SMILES string of the molecule is CCCCCCCCCCCCCCCCCC(=O)C[C@@H](CCC(=O)NOC)C(=O)O. The topological polar surface area (TPSA) is 92.7 Å². The average molecular weight is 442 g/mol. The van der Waals surface area contributed by atoms with Gasteiger partial charge in [-0.3, -0.25) is 19.2 Å². The lowest BCUT2D eigenvalue weighted by Gasteiger charge is -2.11. The second kappa shape index (κ2) is 21.8. The van der Waals surface area contributed by atoms with Crippen LogP contribution >= 0.6 is 0 Å². The molecule has 0 aliphatic heterocycles. The van der Waals surface area contributed by atoms with Gasteiger partial charge in [0.15, 0.2) is 0 Å². The monoisotopic (exact) mass is 441 g/mol. The quantitative estimate of drug-likeness (QED) is 0.142. The van der Waals surface area contributed by atoms with Gasteiger partial charge in [-0.25, -0.2) is 5.48 Å². The zero-order valence-electron chi connectivity index (χ0n) is 20.1. The van der Waals surface area contributed by atoms with E-state index in [1.165, 1.54) is 84.2 Å². The Morgan fingerprint density at radius 1 is 0.742 bits per heavy atom. The van der Waals surface area contributed by atoms with E-state index < -0.39 is 11.9 Å². The number of carboxylic acid groups (broad SMARTS) is 1. The fourth-order valence-corrected chi connectivity index (χ4v) is 3.85. The maximum Gasteiger partial charge on any atom is 0.306 e. The minimum atomic E-state index is -1.02. The molecule has 0 heterocycles. The third-order valence-corrected chi connectivity index (χ3v) is 5.82. The van der Waals surface area contributed by atoms with Crippen molar-refractivity contribution in [3.05, 3.63) is 0 Å². The lowest BCUT2D eigenvalue weighted by molar-refractivity contribution is -0.144. The van der Waals surface area contributed by atoms with Crippen molar-refractivity contribution < 1.29 is 24.3 Å². The lowest BCUT2D eigenvalue weighted by Crippen LogP contribution is -2.25. The lowest BCUT2D eigenvalue weighted by atomic mass is 9.94. The molecular formula is C25H47NO5. The van der Waals surface area contributed by atoms with Gasteiger partial charge in [-0.1, -0.05) is 96.8 Å². The first-order valence-electron chi connectivity index (χ1n) is 12.6. The number of Topliss-reactive ketones (excluding diaryl/α,β-unsaturated/α-hetero) is 1. The highest BCUT2D eigenvalue weighted by molar-refractivity contribution is 5.84. The van der Waals surface area contributed by atoms with Gasteiger partial charge in [0.05, 0.1) is 13.0 Å². The van der Waals surface area contributed by atoms with Gasteiger partial charge in [0, 0.05) is 19.3 Å². The summed E-state index contributed by atoms with van der Waals surface area (Å²) in [5, 5.41) is 9.25. The van der Waals surface area contributed by atoms with Crippen LogP contribution in [0.3, 0.4) is 0 Å². The van der Waals surface area contributed by atoms with Crippen molar-refractivity contribution in [2.75, 3.05) is 7.11 Å². The molecule has 0 aromatic rings. The number of rotatable bonds is 23. The second-order valence-corrected chi connectivity index (χ2v) is 8.75. The third-order valence-electron chi connectivity index (χ3n) is 5.82. The summed E-state index contributed by atoms with van der Waals surface area (Å²) in [6.45, 7) is 2.26. The molecule has 0 aromatic carbocycles. The van der Waals surface area contributed by atoms with E-state index >= 15 is 0 Å². The fraction of sp³-hybridized carbons (Fsp3) is 0.880. The minimum Gasteiger partial charge on any atom is -0.481 e. The van der Waals surface area contributed by atoms with Crippen molar-refractivity contribution in [1.29, 1.82) is 0 Å². The van der Waals surface area contributed by atoms with E-state index in [1.54, 1.807) is 0 Å². The highest BCUT2D eigenvalue weighted by Gasteiger charge is 2.22. The normalized spacial score (nSPS) is 11.9. The van der Waals surface area contributed by atoms with Crippen LogP contribution in [0, 0.1) is 5.92 Å². The molecular weight excluding hydrogens is 394 g/mol. The highest BCUT2D eigenvalue weighted by Crippen LogP contribution is 2.16. The molecule has 2 N–H and O–H groups in total. The van der Waals surface area contributed by atoms with E-state index in [1.807, 2.05) is 0 Å².